The molecule has 14 heavy (non-hydrogen) atoms. The molecule has 1 unspecified atom stereocenters. The lowest BCUT2D eigenvalue weighted by molar-refractivity contribution is 0.310. The molecule has 1 atom stereocenters. The molecule has 0 amide bonds. The molecule has 77 valence electrons. The fourth-order valence-electron chi connectivity index (χ4n) is 1.23. The van der Waals surface area contributed by atoms with Gasteiger partial charge in [0.1, 0.15) is 0 Å². The lowest BCUT2D eigenvalue weighted by Crippen LogP contribution is -1.98. The van der Waals surface area contributed by atoms with Crippen LogP contribution in [0.15, 0.2) is 18.2 Å². The van der Waals surface area contributed by atoms with Gasteiger partial charge in [-0.3, -0.25) is 5.73 Å². The molecule has 0 saturated carbocycles. The first-order valence-corrected chi connectivity index (χ1v) is 4.71. The van der Waals surface area contributed by atoms with Crippen LogP contribution in [0.2, 0.25) is 0 Å². The normalized spacial score (nSPS) is 12.3. The summed E-state index contributed by atoms with van der Waals surface area (Å²) in [4.78, 5) is 0. The summed E-state index contributed by atoms with van der Waals surface area (Å²) in [6.07, 6.45) is 0. The highest BCUT2D eigenvalue weighted by molar-refractivity contribution is 5.43. The first-order chi connectivity index (χ1) is 6.69. The van der Waals surface area contributed by atoms with Crippen LogP contribution in [0.3, 0.4) is 0 Å². The zero-order valence-electron chi connectivity index (χ0n) is 8.83. The molecule has 1 N–H and O–H groups in total. The quantitative estimate of drug-likeness (QED) is 0.738. The largest absolute Gasteiger partial charge is 0.493 e. The average Bonchev–Trinajstić information content (AvgIpc) is 2.18. The Hall–Kier alpha value is -1.22. The zero-order valence-corrected chi connectivity index (χ0v) is 8.83. The van der Waals surface area contributed by atoms with Crippen molar-refractivity contribution in [2.75, 3.05) is 13.7 Å². The molecule has 3 nitrogen and oxygen atoms in total. The van der Waals surface area contributed by atoms with E-state index in [-0.39, 0.29) is 6.04 Å². The number of methoxy groups -OCH3 is 1. The highest BCUT2D eigenvalue weighted by Crippen LogP contribution is 2.29. The highest BCUT2D eigenvalue weighted by atomic mass is 16.5. The number of benzene rings is 1. The van der Waals surface area contributed by atoms with Crippen molar-refractivity contribution in [1.82, 2.24) is 5.73 Å². The van der Waals surface area contributed by atoms with E-state index in [0.29, 0.717) is 12.4 Å². The molecule has 0 aliphatic rings. The van der Waals surface area contributed by atoms with Gasteiger partial charge in [0.15, 0.2) is 11.5 Å². The molecule has 0 saturated heterocycles. The molecule has 0 spiro atoms. The van der Waals surface area contributed by atoms with Crippen molar-refractivity contribution in [2.24, 2.45) is 0 Å². The Balaban J connectivity index is 2.98. The van der Waals surface area contributed by atoms with Crippen molar-refractivity contribution < 1.29 is 9.47 Å². The van der Waals surface area contributed by atoms with E-state index < -0.39 is 0 Å². The van der Waals surface area contributed by atoms with Crippen LogP contribution in [0.25, 0.3) is 0 Å². The lowest BCUT2D eigenvalue weighted by Gasteiger charge is -2.12. The van der Waals surface area contributed by atoms with E-state index in [0.717, 1.165) is 11.3 Å². The molecule has 1 aromatic rings. The second-order valence-corrected chi connectivity index (χ2v) is 3.06. The minimum absolute atomic E-state index is 0.237. The molecule has 0 aromatic heterocycles. The molecular weight excluding hydrogens is 178 g/mol. The fraction of sp³-hybridized carbons (Fsp3) is 0.455. The van der Waals surface area contributed by atoms with Gasteiger partial charge in [-0.25, -0.2) is 0 Å². The topological polar surface area (TPSA) is 42.3 Å². The van der Waals surface area contributed by atoms with Crippen LogP contribution in [0.5, 0.6) is 11.5 Å². The summed E-state index contributed by atoms with van der Waals surface area (Å²) in [6, 6.07) is 5.36. The van der Waals surface area contributed by atoms with Gasteiger partial charge in [-0.05, 0) is 31.5 Å². The molecule has 1 radical (unpaired) electrons. The molecule has 0 bridgehead atoms. The van der Waals surface area contributed by atoms with E-state index in [1.165, 1.54) is 0 Å². The van der Waals surface area contributed by atoms with Crippen molar-refractivity contribution in [3.05, 3.63) is 23.8 Å². The summed E-state index contributed by atoms with van der Waals surface area (Å²) in [5.74, 6) is 1.43. The smallest absolute Gasteiger partial charge is 0.161 e. The number of nitrogens with one attached hydrogen (secondary N) is 1. The van der Waals surface area contributed by atoms with Crippen LogP contribution in [-0.4, -0.2) is 13.7 Å². The SMILES string of the molecule is CCOc1ccc(C(C)[NH])cc1OC. The Bertz CT molecular complexity index is 297. The predicted molar refractivity (Wildman–Crippen MR) is 55.7 cm³/mol. The van der Waals surface area contributed by atoms with E-state index in [1.54, 1.807) is 7.11 Å². The lowest BCUT2D eigenvalue weighted by atomic mass is 10.1. The van der Waals surface area contributed by atoms with Crippen molar-refractivity contribution >= 4 is 0 Å². The Morgan fingerprint density at radius 2 is 2.07 bits per heavy atom. The monoisotopic (exact) mass is 194 g/mol. The van der Waals surface area contributed by atoms with Crippen LogP contribution in [0, 0.1) is 0 Å². The van der Waals surface area contributed by atoms with Gasteiger partial charge in [0.25, 0.3) is 0 Å². The first-order valence-electron chi connectivity index (χ1n) is 4.71. The van der Waals surface area contributed by atoms with E-state index in [9.17, 15) is 0 Å². The Labute approximate surface area is 84.8 Å². The maximum Gasteiger partial charge on any atom is 0.161 e. The van der Waals surface area contributed by atoms with Gasteiger partial charge < -0.3 is 9.47 Å². The summed E-state index contributed by atoms with van der Waals surface area (Å²) in [5.41, 5.74) is 8.50. The zero-order chi connectivity index (χ0) is 10.6. The third-order valence-electron chi connectivity index (χ3n) is 1.99. The summed E-state index contributed by atoms with van der Waals surface area (Å²) in [5, 5.41) is 0. The van der Waals surface area contributed by atoms with Crippen LogP contribution in [-0.2, 0) is 0 Å². The summed E-state index contributed by atoms with van der Waals surface area (Å²) in [7, 11) is 1.61. The van der Waals surface area contributed by atoms with E-state index in [4.69, 9.17) is 15.2 Å². The Morgan fingerprint density at radius 3 is 2.57 bits per heavy atom. The molecule has 1 rings (SSSR count). The average molecular weight is 194 g/mol. The minimum atomic E-state index is -0.237. The molecule has 0 aliphatic carbocycles. The first kappa shape index (κ1) is 10.9. The van der Waals surface area contributed by atoms with Crippen LogP contribution in [0.1, 0.15) is 25.5 Å². The van der Waals surface area contributed by atoms with Gasteiger partial charge in [-0.15, -0.1) is 0 Å². The van der Waals surface area contributed by atoms with Crippen molar-refractivity contribution in [1.29, 1.82) is 0 Å². The van der Waals surface area contributed by atoms with E-state index >= 15 is 0 Å². The fourth-order valence-corrected chi connectivity index (χ4v) is 1.23. The van der Waals surface area contributed by atoms with Crippen molar-refractivity contribution in [2.45, 2.75) is 19.9 Å². The van der Waals surface area contributed by atoms with Gasteiger partial charge >= 0.3 is 0 Å². The molecular formula is C11H16NO2. The van der Waals surface area contributed by atoms with Crippen LogP contribution < -0.4 is 15.2 Å². The maximum atomic E-state index is 7.57. The third kappa shape index (κ3) is 2.39. The second kappa shape index (κ2) is 4.86. The summed E-state index contributed by atoms with van der Waals surface area (Å²) < 4.78 is 10.6. The maximum absolute atomic E-state index is 7.57. The highest BCUT2D eigenvalue weighted by Gasteiger charge is 2.07. The van der Waals surface area contributed by atoms with E-state index in [2.05, 4.69) is 0 Å². The van der Waals surface area contributed by atoms with Crippen molar-refractivity contribution in [3.63, 3.8) is 0 Å². The number of rotatable bonds is 4. The van der Waals surface area contributed by atoms with Gasteiger partial charge in [0, 0.05) is 6.04 Å². The van der Waals surface area contributed by atoms with Gasteiger partial charge in [-0.2, -0.15) is 0 Å². The van der Waals surface area contributed by atoms with Gasteiger partial charge in [0.2, 0.25) is 0 Å². The predicted octanol–water partition coefficient (Wildman–Crippen LogP) is 2.44. The third-order valence-corrected chi connectivity index (χ3v) is 1.99. The Morgan fingerprint density at radius 1 is 1.36 bits per heavy atom. The number of hydrogen-bond acceptors (Lipinski definition) is 2. The van der Waals surface area contributed by atoms with Gasteiger partial charge in [0.05, 0.1) is 13.7 Å². The molecule has 1 aromatic carbocycles. The molecule has 0 heterocycles. The standard InChI is InChI=1S/C11H16NO2/c1-4-14-10-6-5-9(8(2)12)7-11(10)13-3/h5-8,12H,4H2,1-3H3. The van der Waals surface area contributed by atoms with Crippen LogP contribution in [0.4, 0.5) is 0 Å². The van der Waals surface area contributed by atoms with E-state index in [1.807, 2.05) is 32.0 Å². The van der Waals surface area contributed by atoms with Gasteiger partial charge in [-0.1, -0.05) is 6.07 Å². The molecule has 0 aliphatic heterocycles. The second-order valence-electron chi connectivity index (χ2n) is 3.06. The Kier molecular flexibility index (Phi) is 3.77. The number of hydrogen-bond donors (Lipinski definition) is 0. The minimum Gasteiger partial charge on any atom is -0.493 e. The summed E-state index contributed by atoms with van der Waals surface area (Å²) >= 11 is 0. The molecule has 0 fully saturated rings. The van der Waals surface area contributed by atoms with Crippen molar-refractivity contribution in [3.8, 4) is 11.5 Å². The molecule has 3 heteroatoms. The number of ether oxygens (including phenoxy) is 2. The van der Waals surface area contributed by atoms with Crippen LogP contribution >= 0.6 is 0 Å². The summed E-state index contributed by atoms with van der Waals surface area (Å²) in [6.45, 7) is 4.38.